The van der Waals surface area contributed by atoms with E-state index >= 15 is 0 Å². The lowest BCUT2D eigenvalue weighted by molar-refractivity contribution is -0.137. The molecule has 0 bridgehead atoms. The summed E-state index contributed by atoms with van der Waals surface area (Å²) in [5.41, 5.74) is 0.258. The average molecular weight is 381 g/mol. The van der Waals surface area contributed by atoms with Gasteiger partial charge in [0, 0.05) is 37.8 Å². The van der Waals surface area contributed by atoms with Crippen molar-refractivity contribution in [2.75, 3.05) is 31.1 Å². The smallest absolute Gasteiger partial charge is 0.337 e. The summed E-state index contributed by atoms with van der Waals surface area (Å²) >= 11 is 1.46. The Hall–Kier alpha value is -2.62. The highest BCUT2D eigenvalue weighted by molar-refractivity contribution is 7.08. The van der Waals surface area contributed by atoms with E-state index in [9.17, 15) is 18.0 Å². The van der Waals surface area contributed by atoms with E-state index in [4.69, 9.17) is 0 Å². The molecule has 1 saturated heterocycles. The van der Waals surface area contributed by atoms with Crippen molar-refractivity contribution < 1.29 is 18.0 Å². The van der Waals surface area contributed by atoms with E-state index in [0.29, 0.717) is 43.3 Å². The van der Waals surface area contributed by atoms with E-state index < -0.39 is 11.7 Å². The number of rotatable bonds is 2. The Labute approximate surface area is 150 Å². The monoisotopic (exact) mass is 381 g/mol. The van der Waals surface area contributed by atoms with Crippen LogP contribution >= 0.6 is 11.3 Å². The Kier molecular flexibility index (Phi) is 4.06. The highest BCUT2D eigenvalue weighted by Gasteiger charge is 2.32. The van der Waals surface area contributed by atoms with Gasteiger partial charge in [0.2, 0.25) is 5.95 Å². The summed E-state index contributed by atoms with van der Waals surface area (Å²) in [4.78, 5) is 16.0. The molecule has 1 fully saturated rings. The predicted molar refractivity (Wildman–Crippen MR) is 90.4 cm³/mol. The van der Waals surface area contributed by atoms with E-state index in [2.05, 4.69) is 10.2 Å². The number of piperazine rings is 1. The van der Waals surface area contributed by atoms with Gasteiger partial charge in [-0.3, -0.25) is 9.20 Å². The zero-order valence-electron chi connectivity index (χ0n) is 13.5. The molecule has 6 nitrogen and oxygen atoms in total. The van der Waals surface area contributed by atoms with Gasteiger partial charge in [0.15, 0.2) is 5.65 Å². The number of carbonyl (C=O) groups excluding carboxylic acids is 1. The summed E-state index contributed by atoms with van der Waals surface area (Å²) in [5.74, 6) is 0.324. The molecule has 0 aliphatic carbocycles. The molecule has 0 atom stereocenters. The first-order valence-electron chi connectivity index (χ1n) is 7.92. The van der Waals surface area contributed by atoms with Crippen molar-refractivity contribution in [3.63, 3.8) is 0 Å². The van der Waals surface area contributed by atoms with E-state index in [1.54, 1.807) is 16.3 Å². The second-order valence-corrected chi connectivity index (χ2v) is 6.72. The number of hydrogen-bond acceptors (Lipinski definition) is 5. The van der Waals surface area contributed by atoms with Crippen molar-refractivity contribution in [3.05, 3.63) is 46.3 Å². The van der Waals surface area contributed by atoms with Gasteiger partial charge in [-0.2, -0.15) is 24.5 Å². The van der Waals surface area contributed by atoms with Gasteiger partial charge < -0.3 is 9.80 Å². The molecule has 136 valence electrons. The fourth-order valence-corrected chi connectivity index (χ4v) is 3.57. The van der Waals surface area contributed by atoms with Gasteiger partial charge >= 0.3 is 6.18 Å². The summed E-state index contributed by atoms with van der Waals surface area (Å²) in [7, 11) is 0. The molecule has 0 N–H and O–H groups in total. The maximum Gasteiger partial charge on any atom is 0.417 e. The van der Waals surface area contributed by atoms with Crippen molar-refractivity contribution >= 4 is 28.8 Å². The summed E-state index contributed by atoms with van der Waals surface area (Å²) in [6.45, 7) is 1.91. The second-order valence-electron chi connectivity index (χ2n) is 5.94. The van der Waals surface area contributed by atoms with E-state index in [1.807, 2.05) is 10.3 Å². The maximum atomic E-state index is 13.0. The van der Waals surface area contributed by atoms with Gasteiger partial charge in [0.05, 0.1) is 11.1 Å². The number of halogens is 3. The molecule has 10 heteroatoms. The van der Waals surface area contributed by atoms with E-state index in [1.165, 1.54) is 21.8 Å². The van der Waals surface area contributed by atoms with Gasteiger partial charge in [-0.05, 0) is 23.6 Å². The van der Waals surface area contributed by atoms with Crippen LogP contribution in [0.3, 0.4) is 0 Å². The molecule has 3 aromatic heterocycles. The molecule has 1 aliphatic rings. The SMILES string of the molecule is O=C(c1ccsc1)N1CCN(c2nnc3ccc(C(F)(F)F)cn23)CC1. The summed E-state index contributed by atoms with van der Waals surface area (Å²) < 4.78 is 40.2. The molecule has 0 unspecified atom stereocenters. The number of fused-ring (bicyclic) bond motifs is 1. The van der Waals surface area contributed by atoms with Crippen molar-refractivity contribution in [2.45, 2.75) is 6.18 Å². The Morgan fingerprint density at radius 1 is 1.08 bits per heavy atom. The van der Waals surface area contributed by atoms with Crippen molar-refractivity contribution in [1.82, 2.24) is 19.5 Å². The molecular weight excluding hydrogens is 367 g/mol. The van der Waals surface area contributed by atoms with Crippen LogP contribution in [0, 0.1) is 0 Å². The molecule has 0 spiro atoms. The van der Waals surface area contributed by atoms with Gasteiger partial charge in [0.1, 0.15) is 0 Å². The van der Waals surface area contributed by atoms with Crippen LogP contribution in [0.2, 0.25) is 0 Å². The van der Waals surface area contributed by atoms with Crippen LogP contribution in [0.1, 0.15) is 15.9 Å². The summed E-state index contributed by atoms with van der Waals surface area (Å²) in [5, 5.41) is 11.6. The van der Waals surface area contributed by atoms with Crippen molar-refractivity contribution in [2.24, 2.45) is 0 Å². The molecule has 1 aliphatic heterocycles. The third-order valence-corrected chi connectivity index (χ3v) is 5.01. The van der Waals surface area contributed by atoms with Gasteiger partial charge in [0.25, 0.3) is 5.91 Å². The van der Waals surface area contributed by atoms with Crippen molar-refractivity contribution in [1.29, 1.82) is 0 Å². The normalized spacial score (nSPS) is 15.7. The average Bonchev–Trinajstić information content (AvgIpc) is 3.30. The molecule has 4 rings (SSSR count). The Morgan fingerprint density at radius 2 is 1.85 bits per heavy atom. The number of nitrogens with zero attached hydrogens (tertiary/aromatic N) is 5. The van der Waals surface area contributed by atoms with Crippen LogP contribution in [0.5, 0.6) is 0 Å². The molecule has 0 radical (unpaired) electrons. The zero-order chi connectivity index (χ0) is 18.3. The summed E-state index contributed by atoms with van der Waals surface area (Å²) in [6.07, 6.45) is -3.42. The number of carbonyl (C=O) groups is 1. The number of thiophene rings is 1. The highest BCUT2D eigenvalue weighted by Crippen LogP contribution is 2.30. The third kappa shape index (κ3) is 3.00. The lowest BCUT2D eigenvalue weighted by Gasteiger charge is -2.34. The third-order valence-electron chi connectivity index (χ3n) is 4.33. The van der Waals surface area contributed by atoms with Gasteiger partial charge in [-0.15, -0.1) is 10.2 Å². The molecular formula is C16H14F3N5OS. The first-order valence-corrected chi connectivity index (χ1v) is 8.86. The number of aromatic nitrogens is 3. The van der Waals surface area contributed by atoms with E-state index in [0.717, 1.165) is 12.3 Å². The van der Waals surface area contributed by atoms with Crippen LogP contribution < -0.4 is 4.90 Å². The molecule has 26 heavy (non-hydrogen) atoms. The number of amides is 1. The predicted octanol–water partition coefficient (Wildman–Crippen LogP) is 2.77. The molecule has 0 aromatic carbocycles. The van der Waals surface area contributed by atoms with Gasteiger partial charge in [-0.25, -0.2) is 0 Å². The largest absolute Gasteiger partial charge is 0.417 e. The Balaban J connectivity index is 1.53. The molecule has 4 heterocycles. The summed E-state index contributed by atoms with van der Waals surface area (Å²) in [6, 6.07) is 4.07. The Morgan fingerprint density at radius 3 is 2.50 bits per heavy atom. The second kappa shape index (κ2) is 6.27. The quantitative estimate of drug-likeness (QED) is 0.685. The van der Waals surface area contributed by atoms with Crippen molar-refractivity contribution in [3.8, 4) is 0 Å². The molecule has 1 amide bonds. The van der Waals surface area contributed by atoms with E-state index in [-0.39, 0.29) is 5.91 Å². The standard InChI is InChI=1S/C16H14F3N5OS/c17-16(18,19)12-1-2-13-20-21-15(24(13)9-12)23-6-4-22(5-7-23)14(25)11-3-8-26-10-11/h1-3,8-10H,4-7H2. The first-order chi connectivity index (χ1) is 12.4. The number of alkyl halides is 3. The topological polar surface area (TPSA) is 53.7 Å². The lowest BCUT2D eigenvalue weighted by Crippen LogP contribution is -2.49. The number of hydrogen-bond donors (Lipinski definition) is 0. The first kappa shape index (κ1) is 16.8. The minimum atomic E-state index is -4.43. The zero-order valence-corrected chi connectivity index (χ0v) is 14.3. The van der Waals surface area contributed by atoms with Gasteiger partial charge in [-0.1, -0.05) is 0 Å². The number of pyridine rings is 1. The number of anilines is 1. The minimum absolute atomic E-state index is 0.0311. The van der Waals surface area contributed by atoms with Crippen LogP contribution in [0.4, 0.5) is 19.1 Å². The maximum absolute atomic E-state index is 13.0. The minimum Gasteiger partial charge on any atom is -0.337 e. The fraction of sp³-hybridized carbons (Fsp3) is 0.312. The van der Waals surface area contributed by atoms with Crippen LogP contribution in [0.25, 0.3) is 5.65 Å². The molecule has 3 aromatic rings. The lowest BCUT2D eigenvalue weighted by atomic mass is 10.2. The highest BCUT2D eigenvalue weighted by atomic mass is 32.1. The molecule has 0 saturated carbocycles. The van der Waals surface area contributed by atoms with Crippen LogP contribution in [-0.2, 0) is 6.18 Å². The van der Waals surface area contributed by atoms with Crippen LogP contribution in [0.15, 0.2) is 35.2 Å². The Bertz CT molecular complexity index is 929. The van der Waals surface area contributed by atoms with Crippen LogP contribution in [-0.4, -0.2) is 51.6 Å². The fourth-order valence-electron chi connectivity index (χ4n) is 2.94.